The molecule has 0 saturated heterocycles. The average Bonchev–Trinajstić information content (AvgIpc) is 2.70. The van der Waals surface area contributed by atoms with Crippen molar-refractivity contribution in [1.82, 2.24) is 9.79 Å². The predicted octanol–water partition coefficient (Wildman–Crippen LogP) is 1.72. The second kappa shape index (κ2) is 9.82. The van der Waals surface area contributed by atoms with Gasteiger partial charge in [0.15, 0.2) is 6.61 Å². The van der Waals surface area contributed by atoms with Gasteiger partial charge in [-0.15, -0.1) is 0 Å². The second-order valence-corrected chi connectivity index (χ2v) is 8.44. The van der Waals surface area contributed by atoms with Crippen molar-refractivity contribution in [2.24, 2.45) is 5.92 Å². The molecule has 1 N–H and O–H groups in total. The Balaban J connectivity index is 1.82. The van der Waals surface area contributed by atoms with E-state index in [4.69, 9.17) is 4.74 Å². The number of benzene rings is 1. The summed E-state index contributed by atoms with van der Waals surface area (Å²) in [5, 5.41) is 2.79. The highest BCUT2D eigenvalue weighted by atomic mass is 32.2. The quantitative estimate of drug-likeness (QED) is 0.528. The van der Waals surface area contributed by atoms with Gasteiger partial charge in [-0.2, -0.15) is 0 Å². The molecule has 0 spiro atoms. The number of rotatable bonds is 8. The van der Waals surface area contributed by atoms with Crippen LogP contribution in [0.15, 0.2) is 29.2 Å². The number of nitrogens with zero attached hydrogens (tertiary/aromatic N) is 1. The summed E-state index contributed by atoms with van der Waals surface area (Å²) in [6.07, 6.45) is 5.88. The lowest BCUT2D eigenvalue weighted by molar-refractivity contribution is -0.124. The van der Waals surface area contributed by atoms with Gasteiger partial charge < -0.3 is 10.1 Å². The van der Waals surface area contributed by atoms with Gasteiger partial charge in [-0.1, -0.05) is 23.7 Å². The lowest BCUT2D eigenvalue weighted by Gasteiger charge is -2.21. The Morgan fingerprint density at radius 3 is 2.37 bits per heavy atom. The number of ether oxygens (including phenoxy) is 1. The third-order valence-corrected chi connectivity index (χ3v) is 6.32. The van der Waals surface area contributed by atoms with Crippen LogP contribution in [0.4, 0.5) is 0 Å². The molecule has 8 nitrogen and oxygen atoms in total. The summed E-state index contributed by atoms with van der Waals surface area (Å²) in [4.78, 5) is 28.5. The van der Waals surface area contributed by atoms with Crippen molar-refractivity contribution in [3.63, 3.8) is 0 Å². The molecule has 1 aliphatic rings. The number of hydroxylamine groups is 1. The molecule has 1 amide bonds. The van der Waals surface area contributed by atoms with Crippen LogP contribution in [0.25, 0.3) is 0 Å². The zero-order chi connectivity index (χ0) is 19.9. The van der Waals surface area contributed by atoms with Crippen molar-refractivity contribution in [2.45, 2.75) is 37.0 Å². The molecule has 1 saturated carbocycles. The minimum absolute atomic E-state index is 0.0198. The highest BCUT2D eigenvalue weighted by Crippen LogP contribution is 2.22. The van der Waals surface area contributed by atoms with E-state index in [1.54, 1.807) is 0 Å². The maximum Gasteiger partial charge on any atom is 0.338 e. The topological polar surface area (TPSA) is 102 Å². The number of carbonyl (C=O) groups is 2. The molecule has 0 bridgehead atoms. The fourth-order valence-electron chi connectivity index (χ4n) is 2.92. The molecule has 1 aliphatic carbocycles. The smallest absolute Gasteiger partial charge is 0.338 e. The number of hydrogen-bond acceptors (Lipinski definition) is 6. The number of nitrogens with one attached hydrogen (secondary N) is 1. The summed E-state index contributed by atoms with van der Waals surface area (Å²) in [7, 11) is -1.27. The molecule has 27 heavy (non-hydrogen) atoms. The summed E-state index contributed by atoms with van der Waals surface area (Å²) in [6, 6.07) is 5.23. The van der Waals surface area contributed by atoms with Crippen molar-refractivity contribution in [2.75, 3.05) is 27.3 Å². The minimum atomic E-state index is -3.78. The van der Waals surface area contributed by atoms with E-state index >= 15 is 0 Å². The Morgan fingerprint density at radius 1 is 1.15 bits per heavy atom. The van der Waals surface area contributed by atoms with Gasteiger partial charge in [-0.05, 0) is 43.0 Å². The van der Waals surface area contributed by atoms with Gasteiger partial charge in [0.05, 0.1) is 17.6 Å². The van der Waals surface area contributed by atoms with E-state index < -0.39 is 16.0 Å². The molecule has 0 heterocycles. The molecular weight excluding hydrogens is 372 g/mol. The molecule has 2 rings (SSSR count). The van der Waals surface area contributed by atoms with Gasteiger partial charge in [-0.3, -0.25) is 9.63 Å². The van der Waals surface area contributed by atoms with E-state index in [0.29, 0.717) is 12.5 Å². The summed E-state index contributed by atoms with van der Waals surface area (Å²) in [5.74, 6) is -0.528. The fraction of sp³-hybridized carbons (Fsp3) is 0.556. The van der Waals surface area contributed by atoms with Crippen LogP contribution < -0.4 is 5.32 Å². The lowest BCUT2D eigenvalue weighted by Crippen LogP contribution is -2.33. The molecule has 1 aromatic carbocycles. The Bertz CT molecular complexity index is 742. The minimum Gasteiger partial charge on any atom is -0.452 e. The Labute approximate surface area is 159 Å². The van der Waals surface area contributed by atoms with E-state index in [1.165, 1.54) is 57.7 Å². The van der Waals surface area contributed by atoms with Crippen LogP contribution in [-0.2, 0) is 24.4 Å². The SMILES string of the molecule is CON(C)S(=O)(=O)c1ccc(C(=O)OCC(=O)NCC2CCCCC2)cc1. The van der Waals surface area contributed by atoms with Crippen LogP contribution in [0, 0.1) is 5.92 Å². The Kier molecular flexibility index (Phi) is 7.76. The molecular formula is C18H26N2O6S. The van der Waals surface area contributed by atoms with Gasteiger partial charge >= 0.3 is 5.97 Å². The highest BCUT2D eigenvalue weighted by Gasteiger charge is 2.21. The zero-order valence-electron chi connectivity index (χ0n) is 15.6. The van der Waals surface area contributed by atoms with Crippen LogP contribution in [0.3, 0.4) is 0 Å². The van der Waals surface area contributed by atoms with Gasteiger partial charge in [0.1, 0.15) is 0 Å². The van der Waals surface area contributed by atoms with Crippen LogP contribution in [-0.4, -0.2) is 52.1 Å². The maximum atomic E-state index is 12.1. The van der Waals surface area contributed by atoms with Crippen molar-refractivity contribution in [3.05, 3.63) is 29.8 Å². The molecule has 9 heteroatoms. The molecule has 1 fully saturated rings. The van der Waals surface area contributed by atoms with Gasteiger partial charge in [0, 0.05) is 13.6 Å². The first-order valence-electron chi connectivity index (χ1n) is 8.91. The first-order valence-corrected chi connectivity index (χ1v) is 10.4. The average molecular weight is 398 g/mol. The van der Waals surface area contributed by atoms with Gasteiger partial charge in [-0.25, -0.2) is 13.2 Å². The van der Waals surface area contributed by atoms with E-state index in [2.05, 4.69) is 10.2 Å². The third-order valence-electron chi connectivity index (χ3n) is 4.63. The monoisotopic (exact) mass is 398 g/mol. The second-order valence-electron chi connectivity index (χ2n) is 6.51. The first kappa shape index (κ1) is 21.3. The van der Waals surface area contributed by atoms with Crippen molar-refractivity contribution in [3.8, 4) is 0 Å². The van der Waals surface area contributed by atoms with Crippen LogP contribution in [0.2, 0.25) is 0 Å². The van der Waals surface area contributed by atoms with Gasteiger partial charge in [0.2, 0.25) is 0 Å². The standard InChI is InChI=1S/C18H26N2O6S/c1-20(25-2)27(23,24)16-10-8-15(9-11-16)18(22)26-13-17(21)19-12-14-6-4-3-5-7-14/h8-11,14H,3-7,12-13H2,1-2H3,(H,19,21). The summed E-state index contributed by atoms with van der Waals surface area (Å²) < 4.78 is 29.9. The van der Waals surface area contributed by atoms with Crippen molar-refractivity contribution >= 4 is 21.9 Å². The van der Waals surface area contributed by atoms with Crippen LogP contribution in [0.1, 0.15) is 42.5 Å². The molecule has 150 valence electrons. The maximum absolute atomic E-state index is 12.1. The molecule has 1 aromatic rings. The van der Waals surface area contributed by atoms with E-state index in [0.717, 1.165) is 17.3 Å². The summed E-state index contributed by atoms with van der Waals surface area (Å²) in [5.41, 5.74) is 0.161. The largest absolute Gasteiger partial charge is 0.452 e. The number of esters is 1. The first-order chi connectivity index (χ1) is 12.8. The molecule has 0 atom stereocenters. The van der Waals surface area contributed by atoms with E-state index in [-0.39, 0.29) is 23.0 Å². The molecule has 0 aliphatic heterocycles. The number of amides is 1. The summed E-state index contributed by atoms with van der Waals surface area (Å²) >= 11 is 0. The Hall–Kier alpha value is -1.97. The van der Waals surface area contributed by atoms with Crippen LogP contribution in [0.5, 0.6) is 0 Å². The fourth-order valence-corrected chi connectivity index (χ4v) is 3.90. The van der Waals surface area contributed by atoms with Crippen molar-refractivity contribution in [1.29, 1.82) is 0 Å². The Morgan fingerprint density at radius 2 is 1.78 bits per heavy atom. The third kappa shape index (κ3) is 6.02. The molecule has 0 radical (unpaired) electrons. The highest BCUT2D eigenvalue weighted by molar-refractivity contribution is 7.89. The predicted molar refractivity (Wildman–Crippen MR) is 98.3 cm³/mol. The zero-order valence-corrected chi connectivity index (χ0v) is 16.5. The van der Waals surface area contributed by atoms with Crippen molar-refractivity contribution < 1.29 is 27.6 Å². The number of hydrogen-bond donors (Lipinski definition) is 1. The van der Waals surface area contributed by atoms with Crippen LogP contribution >= 0.6 is 0 Å². The molecule has 0 aromatic heterocycles. The van der Waals surface area contributed by atoms with E-state index in [1.807, 2.05) is 0 Å². The molecule has 0 unspecified atom stereocenters. The normalized spacial score (nSPS) is 15.5. The van der Waals surface area contributed by atoms with Gasteiger partial charge in [0.25, 0.3) is 15.9 Å². The lowest BCUT2D eigenvalue weighted by atomic mass is 9.89. The number of carbonyl (C=O) groups excluding carboxylic acids is 2. The number of sulfonamides is 1. The summed E-state index contributed by atoms with van der Waals surface area (Å²) in [6.45, 7) is 0.244. The van der Waals surface area contributed by atoms with E-state index in [9.17, 15) is 18.0 Å².